The van der Waals surface area contributed by atoms with E-state index in [2.05, 4.69) is 41.4 Å². The number of hydrogen-bond acceptors (Lipinski definition) is 5. The topological polar surface area (TPSA) is 56.7 Å². The number of nitrogens with zero attached hydrogens (tertiary/aromatic N) is 3. The molecule has 3 heterocycles. The molecule has 1 atom stereocenters. The van der Waals surface area contributed by atoms with E-state index in [1.165, 1.54) is 14.3 Å². The Balaban J connectivity index is 1.82. The highest BCUT2D eigenvalue weighted by atomic mass is 32.1. The minimum absolute atomic E-state index is 0.00806. The van der Waals surface area contributed by atoms with E-state index in [0.29, 0.717) is 6.04 Å². The SMILES string of the molecule is CC(C)n1ncnc1CC(N)c1cc2sccc2s1. The molecule has 3 aromatic rings. The highest BCUT2D eigenvalue weighted by molar-refractivity contribution is 7.26. The van der Waals surface area contributed by atoms with Crippen LogP contribution in [-0.2, 0) is 6.42 Å². The second-order valence-corrected chi connectivity index (χ2v) is 6.89. The van der Waals surface area contributed by atoms with Crippen LogP contribution in [0.1, 0.15) is 36.6 Å². The Hall–Kier alpha value is -1.24. The number of thiophene rings is 2. The van der Waals surface area contributed by atoms with Crippen molar-refractivity contribution in [3.8, 4) is 0 Å². The van der Waals surface area contributed by atoms with E-state index < -0.39 is 0 Å². The van der Waals surface area contributed by atoms with Gasteiger partial charge in [-0.15, -0.1) is 22.7 Å². The lowest BCUT2D eigenvalue weighted by atomic mass is 10.1. The van der Waals surface area contributed by atoms with Crippen LogP contribution >= 0.6 is 22.7 Å². The molecule has 0 radical (unpaired) electrons. The predicted molar refractivity (Wildman–Crippen MR) is 80.7 cm³/mol. The molecule has 4 nitrogen and oxygen atoms in total. The lowest BCUT2D eigenvalue weighted by molar-refractivity contribution is 0.494. The van der Waals surface area contributed by atoms with Crippen LogP contribution in [0.4, 0.5) is 0 Å². The third-order valence-corrected chi connectivity index (χ3v) is 5.29. The normalized spacial score (nSPS) is 13.5. The minimum atomic E-state index is -0.00806. The van der Waals surface area contributed by atoms with Crippen LogP contribution in [-0.4, -0.2) is 14.8 Å². The maximum Gasteiger partial charge on any atom is 0.138 e. The van der Waals surface area contributed by atoms with Gasteiger partial charge in [0, 0.05) is 32.8 Å². The molecule has 0 saturated heterocycles. The first-order chi connectivity index (χ1) is 9.15. The van der Waals surface area contributed by atoms with E-state index in [1.807, 2.05) is 4.68 Å². The second kappa shape index (κ2) is 5.03. The van der Waals surface area contributed by atoms with Gasteiger partial charge in [0.25, 0.3) is 0 Å². The molecule has 0 amide bonds. The molecule has 0 aromatic carbocycles. The highest BCUT2D eigenvalue weighted by Crippen LogP contribution is 2.33. The van der Waals surface area contributed by atoms with Crippen molar-refractivity contribution in [3.05, 3.63) is 34.5 Å². The van der Waals surface area contributed by atoms with Gasteiger partial charge >= 0.3 is 0 Å². The van der Waals surface area contributed by atoms with Crippen molar-refractivity contribution in [1.29, 1.82) is 0 Å². The van der Waals surface area contributed by atoms with Crippen molar-refractivity contribution in [2.75, 3.05) is 0 Å². The van der Waals surface area contributed by atoms with E-state index in [1.54, 1.807) is 29.0 Å². The van der Waals surface area contributed by atoms with E-state index in [0.717, 1.165) is 12.2 Å². The Morgan fingerprint density at radius 1 is 1.37 bits per heavy atom. The smallest absolute Gasteiger partial charge is 0.138 e. The molecule has 6 heteroatoms. The summed E-state index contributed by atoms with van der Waals surface area (Å²) in [6.45, 7) is 4.20. The molecule has 0 aliphatic carbocycles. The summed E-state index contributed by atoms with van der Waals surface area (Å²) in [7, 11) is 0. The summed E-state index contributed by atoms with van der Waals surface area (Å²) in [4.78, 5) is 5.55. The summed E-state index contributed by atoms with van der Waals surface area (Å²) in [5, 5.41) is 6.37. The summed E-state index contributed by atoms with van der Waals surface area (Å²) < 4.78 is 4.58. The summed E-state index contributed by atoms with van der Waals surface area (Å²) >= 11 is 3.54. The zero-order valence-corrected chi connectivity index (χ0v) is 12.5. The number of aromatic nitrogens is 3. The van der Waals surface area contributed by atoms with Gasteiger partial charge in [-0.25, -0.2) is 9.67 Å². The van der Waals surface area contributed by atoms with Crippen LogP contribution < -0.4 is 5.73 Å². The van der Waals surface area contributed by atoms with Crippen molar-refractivity contribution in [2.45, 2.75) is 32.4 Å². The maximum atomic E-state index is 6.31. The van der Waals surface area contributed by atoms with Gasteiger partial charge < -0.3 is 5.73 Å². The van der Waals surface area contributed by atoms with Crippen LogP contribution in [0.3, 0.4) is 0 Å². The van der Waals surface area contributed by atoms with Gasteiger partial charge in [0.2, 0.25) is 0 Å². The summed E-state index contributed by atoms with van der Waals surface area (Å²) in [5.41, 5.74) is 6.31. The molecule has 0 bridgehead atoms. The fourth-order valence-corrected chi connectivity index (χ4v) is 4.24. The molecule has 0 fully saturated rings. The number of rotatable bonds is 4. The summed E-state index contributed by atoms with van der Waals surface area (Å²) in [5.74, 6) is 0.958. The minimum Gasteiger partial charge on any atom is -0.323 e. The molecule has 1 unspecified atom stereocenters. The van der Waals surface area contributed by atoms with E-state index >= 15 is 0 Å². The van der Waals surface area contributed by atoms with Gasteiger partial charge in [-0.3, -0.25) is 0 Å². The molecule has 3 rings (SSSR count). The van der Waals surface area contributed by atoms with Gasteiger partial charge in [0.05, 0.1) is 0 Å². The molecule has 3 aromatic heterocycles. The van der Waals surface area contributed by atoms with Crippen LogP contribution in [0, 0.1) is 0 Å². The van der Waals surface area contributed by atoms with Crippen molar-refractivity contribution in [1.82, 2.24) is 14.8 Å². The Morgan fingerprint density at radius 3 is 2.95 bits per heavy atom. The first kappa shape index (κ1) is 12.8. The molecule has 0 saturated carbocycles. The predicted octanol–water partition coefficient (Wildman–Crippen LogP) is 3.38. The number of nitrogens with two attached hydrogens (primary N) is 1. The Kier molecular flexibility index (Phi) is 3.38. The summed E-state index contributed by atoms with van der Waals surface area (Å²) in [6, 6.07) is 4.66. The van der Waals surface area contributed by atoms with Crippen molar-refractivity contribution >= 4 is 32.1 Å². The lowest BCUT2D eigenvalue weighted by Gasteiger charge is -2.12. The van der Waals surface area contributed by atoms with Gasteiger partial charge in [-0.05, 0) is 31.4 Å². The third-order valence-electron chi connectivity index (χ3n) is 3.06. The van der Waals surface area contributed by atoms with E-state index in [-0.39, 0.29) is 6.04 Å². The molecule has 100 valence electrons. The Bertz CT molecular complexity index is 651. The molecule has 0 aliphatic heterocycles. The van der Waals surface area contributed by atoms with Crippen molar-refractivity contribution in [3.63, 3.8) is 0 Å². The Morgan fingerprint density at radius 2 is 2.21 bits per heavy atom. The number of fused-ring (bicyclic) bond motifs is 1. The zero-order chi connectivity index (χ0) is 13.4. The monoisotopic (exact) mass is 292 g/mol. The molecule has 0 aliphatic rings. The van der Waals surface area contributed by atoms with Gasteiger partial charge in [0.15, 0.2) is 0 Å². The zero-order valence-electron chi connectivity index (χ0n) is 10.9. The molecule has 0 spiro atoms. The highest BCUT2D eigenvalue weighted by Gasteiger charge is 2.16. The van der Waals surface area contributed by atoms with Gasteiger partial charge in [0.1, 0.15) is 12.2 Å². The van der Waals surface area contributed by atoms with Gasteiger partial charge in [-0.2, -0.15) is 5.10 Å². The largest absolute Gasteiger partial charge is 0.323 e. The summed E-state index contributed by atoms with van der Waals surface area (Å²) in [6.07, 6.45) is 2.33. The average molecular weight is 292 g/mol. The van der Waals surface area contributed by atoms with Gasteiger partial charge in [-0.1, -0.05) is 0 Å². The van der Waals surface area contributed by atoms with Crippen LogP contribution in [0.15, 0.2) is 23.8 Å². The lowest BCUT2D eigenvalue weighted by Crippen LogP contribution is -2.17. The fourth-order valence-electron chi connectivity index (χ4n) is 2.12. The maximum absolute atomic E-state index is 6.31. The van der Waals surface area contributed by atoms with Crippen molar-refractivity contribution < 1.29 is 0 Å². The first-order valence-corrected chi connectivity index (χ1v) is 7.95. The van der Waals surface area contributed by atoms with Crippen LogP contribution in [0.5, 0.6) is 0 Å². The molecule has 19 heavy (non-hydrogen) atoms. The molecule has 2 N–H and O–H groups in total. The van der Waals surface area contributed by atoms with E-state index in [4.69, 9.17) is 5.73 Å². The van der Waals surface area contributed by atoms with E-state index in [9.17, 15) is 0 Å². The first-order valence-electron chi connectivity index (χ1n) is 6.26. The van der Waals surface area contributed by atoms with Crippen molar-refractivity contribution in [2.24, 2.45) is 5.73 Å². The molecular formula is C13H16N4S2. The average Bonchev–Trinajstić information content (AvgIpc) is 3.01. The quantitative estimate of drug-likeness (QED) is 0.802. The Labute approximate surface area is 119 Å². The van der Waals surface area contributed by atoms with Crippen LogP contribution in [0.25, 0.3) is 9.40 Å². The number of hydrogen-bond donors (Lipinski definition) is 1. The second-order valence-electron chi connectivity index (χ2n) is 4.82. The van der Waals surface area contributed by atoms with Crippen LogP contribution in [0.2, 0.25) is 0 Å². The fraction of sp³-hybridized carbons (Fsp3) is 0.385. The standard InChI is InChI=1S/C13H16N4S2/c1-8(2)17-13(15-7-16-17)5-9(14)11-6-12-10(19-11)3-4-18-12/h3-4,6-9H,5,14H2,1-2H3. The molecular weight excluding hydrogens is 276 g/mol. The third kappa shape index (κ3) is 2.43.